The standard InChI is InChI=1S/C20H23N3O3/c1-14(23-15(2)24)3-4-16-7-9-20(21-11-16)26-18-8-10-19(22-12-18)25-13-17-5-6-17/h3-4,7-12,14,17H,5-6,13H2,1-2H3,(H,23,24)/t14-/m0/s1. The first-order valence-corrected chi connectivity index (χ1v) is 8.76. The lowest BCUT2D eigenvalue weighted by Gasteiger charge is -2.07. The van der Waals surface area contributed by atoms with E-state index in [1.54, 1.807) is 24.5 Å². The fourth-order valence-corrected chi connectivity index (χ4v) is 2.30. The summed E-state index contributed by atoms with van der Waals surface area (Å²) in [5, 5.41) is 2.79. The summed E-state index contributed by atoms with van der Waals surface area (Å²) in [6.07, 6.45) is 9.67. The molecule has 2 heterocycles. The smallest absolute Gasteiger partial charge is 0.219 e. The van der Waals surface area contributed by atoms with Crippen LogP contribution in [0.5, 0.6) is 17.5 Å². The fraction of sp³-hybridized carbons (Fsp3) is 0.350. The molecule has 6 heteroatoms. The molecule has 2 aromatic rings. The van der Waals surface area contributed by atoms with Crippen LogP contribution in [0.4, 0.5) is 0 Å². The summed E-state index contributed by atoms with van der Waals surface area (Å²) < 4.78 is 11.3. The van der Waals surface area contributed by atoms with Gasteiger partial charge in [0.1, 0.15) is 5.75 Å². The van der Waals surface area contributed by atoms with Crippen LogP contribution in [-0.2, 0) is 4.79 Å². The van der Waals surface area contributed by atoms with Crippen molar-refractivity contribution in [2.45, 2.75) is 32.7 Å². The maximum atomic E-state index is 11.0. The molecule has 1 atom stereocenters. The summed E-state index contributed by atoms with van der Waals surface area (Å²) in [7, 11) is 0. The highest BCUT2D eigenvalue weighted by Gasteiger charge is 2.22. The molecule has 3 rings (SSSR count). The van der Waals surface area contributed by atoms with Gasteiger partial charge in [0.25, 0.3) is 0 Å². The van der Waals surface area contributed by atoms with E-state index in [4.69, 9.17) is 9.47 Å². The number of hydrogen-bond donors (Lipinski definition) is 1. The Kier molecular flexibility index (Phi) is 5.84. The molecule has 1 N–H and O–H groups in total. The second kappa shape index (κ2) is 8.47. The third kappa shape index (κ3) is 5.88. The number of nitrogens with zero attached hydrogens (tertiary/aromatic N) is 2. The van der Waals surface area contributed by atoms with Crippen molar-refractivity contribution < 1.29 is 14.3 Å². The van der Waals surface area contributed by atoms with Crippen LogP contribution in [0.15, 0.2) is 42.7 Å². The van der Waals surface area contributed by atoms with E-state index in [1.807, 2.05) is 31.2 Å². The Morgan fingerprint density at radius 2 is 2.00 bits per heavy atom. The topological polar surface area (TPSA) is 73.3 Å². The minimum Gasteiger partial charge on any atom is -0.477 e. The molecule has 2 aromatic heterocycles. The number of amides is 1. The first-order valence-electron chi connectivity index (χ1n) is 8.76. The van der Waals surface area contributed by atoms with Crippen molar-refractivity contribution in [2.24, 2.45) is 5.92 Å². The molecule has 6 nitrogen and oxygen atoms in total. The van der Waals surface area contributed by atoms with Crippen LogP contribution in [0, 0.1) is 5.92 Å². The highest BCUT2D eigenvalue weighted by molar-refractivity contribution is 5.73. The van der Waals surface area contributed by atoms with Crippen LogP contribution >= 0.6 is 0 Å². The molecule has 1 fully saturated rings. The molecule has 0 aliphatic heterocycles. The number of aromatic nitrogens is 2. The zero-order valence-electron chi connectivity index (χ0n) is 15.0. The average Bonchev–Trinajstić information content (AvgIpc) is 3.44. The molecule has 0 saturated heterocycles. The molecule has 1 aliphatic carbocycles. The minimum atomic E-state index is -0.0541. The molecule has 1 aliphatic rings. The van der Waals surface area contributed by atoms with E-state index in [-0.39, 0.29) is 11.9 Å². The van der Waals surface area contributed by atoms with Gasteiger partial charge >= 0.3 is 0 Å². The van der Waals surface area contributed by atoms with Crippen LogP contribution in [0.3, 0.4) is 0 Å². The summed E-state index contributed by atoms with van der Waals surface area (Å²) in [4.78, 5) is 19.5. The van der Waals surface area contributed by atoms with Gasteiger partial charge in [-0.25, -0.2) is 9.97 Å². The van der Waals surface area contributed by atoms with Crippen molar-refractivity contribution in [1.82, 2.24) is 15.3 Å². The maximum absolute atomic E-state index is 11.0. The molecule has 1 saturated carbocycles. The van der Waals surface area contributed by atoms with Crippen LogP contribution in [-0.4, -0.2) is 28.5 Å². The molecular weight excluding hydrogens is 330 g/mol. The van der Waals surface area contributed by atoms with E-state index >= 15 is 0 Å². The molecule has 0 bridgehead atoms. The zero-order valence-corrected chi connectivity index (χ0v) is 15.0. The molecule has 0 radical (unpaired) electrons. The van der Waals surface area contributed by atoms with Crippen molar-refractivity contribution in [2.75, 3.05) is 6.61 Å². The van der Waals surface area contributed by atoms with E-state index in [0.29, 0.717) is 23.4 Å². The number of carbonyl (C=O) groups is 1. The van der Waals surface area contributed by atoms with Crippen molar-refractivity contribution in [1.29, 1.82) is 0 Å². The van der Waals surface area contributed by atoms with Crippen molar-refractivity contribution in [3.8, 4) is 17.5 Å². The van der Waals surface area contributed by atoms with E-state index < -0.39 is 0 Å². The Hall–Kier alpha value is -2.89. The van der Waals surface area contributed by atoms with Gasteiger partial charge in [-0.3, -0.25) is 4.79 Å². The van der Waals surface area contributed by atoms with Gasteiger partial charge in [0.15, 0.2) is 0 Å². The lowest BCUT2D eigenvalue weighted by Crippen LogP contribution is -2.28. The van der Waals surface area contributed by atoms with Gasteiger partial charge in [-0.15, -0.1) is 0 Å². The molecule has 136 valence electrons. The number of rotatable bonds is 8. The normalized spacial score (nSPS) is 14.8. The highest BCUT2D eigenvalue weighted by atomic mass is 16.5. The molecule has 0 unspecified atom stereocenters. The summed E-state index contributed by atoms with van der Waals surface area (Å²) >= 11 is 0. The Bertz CT molecular complexity index is 753. The third-order valence-electron chi connectivity index (χ3n) is 3.86. The van der Waals surface area contributed by atoms with E-state index in [0.717, 1.165) is 12.2 Å². The molecule has 0 spiro atoms. The lowest BCUT2D eigenvalue weighted by atomic mass is 10.2. The molecule has 1 amide bonds. The second-order valence-electron chi connectivity index (χ2n) is 6.47. The monoisotopic (exact) mass is 353 g/mol. The second-order valence-corrected chi connectivity index (χ2v) is 6.47. The van der Waals surface area contributed by atoms with Gasteiger partial charge in [-0.05, 0) is 43.4 Å². The summed E-state index contributed by atoms with van der Waals surface area (Å²) in [6, 6.07) is 7.29. The fourth-order valence-electron chi connectivity index (χ4n) is 2.30. The maximum Gasteiger partial charge on any atom is 0.219 e. The van der Waals surface area contributed by atoms with Crippen molar-refractivity contribution in [3.63, 3.8) is 0 Å². The van der Waals surface area contributed by atoms with Gasteiger partial charge in [-0.1, -0.05) is 12.2 Å². The predicted octanol–water partition coefficient (Wildman–Crippen LogP) is 3.60. The average molecular weight is 353 g/mol. The largest absolute Gasteiger partial charge is 0.477 e. The SMILES string of the molecule is CC(=O)N[C@@H](C)C=Cc1ccc(Oc2ccc(OCC3CC3)nc2)nc1. The minimum absolute atomic E-state index is 0.0323. The van der Waals surface area contributed by atoms with Crippen molar-refractivity contribution >= 4 is 12.0 Å². The van der Waals surface area contributed by atoms with Crippen LogP contribution in [0.1, 0.15) is 32.3 Å². The first kappa shape index (κ1) is 17.9. The Morgan fingerprint density at radius 3 is 2.62 bits per heavy atom. The van der Waals surface area contributed by atoms with E-state index in [1.165, 1.54) is 19.8 Å². The number of carbonyl (C=O) groups excluding carboxylic acids is 1. The molecule has 0 aromatic carbocycles. The van der Waals surface area contributed by atoms with Crippen molar-refractivity contribution in [3.05, 3.63) is 48.3 Å². The summed E-state index contributed by atoms with van der Waals surface area (Å²) in [5.41, 5.74) is 0.927. The lowest BCUT2D eigenvalue weighted by molar-refractivity contribution is -0.119. The van der Waals surface area contributed by atoms with Gasteiger partial charge in [0.2, 0.25) is 17.7 Å². The van der Waals surface area contributed by atoms with Crippen LogP contribution in [0.25, 0.3) is 6.08 Å². The Labute approximate surface area is 153 Å². The molecule has 26 heavy (non-hydrogen) atoms. The number of nitrogens with one attached hydrogen (secondary N) is 1. The van der Waals surface area contributed by atoms with Crippen LogP contribution in [0.2, 0.25) is 0 Å². The summed E-state index contributed by atoms with van der Waals surface area (Å²) in [5.74, 6) is 2.36. The van der Waals surface area contributed by atoms with Gasteiger partial charge in [0.05, 0.1) is 12.8 Å². The Balaban J connectivity index is 1.51. The van der Waals surface area contributed by atoms with Crippen LogP contribution < -0.4 is 14.8 Å². The van der Waals surface area contributed by atoms with Gasteiger partial charge in [0, 0.05) is 31.3 Å². The Morgan fingerprint density at radius 1 is 1.23 bits per heavy atom. The number of ether oxygens (including phenoxy) is 2. The van der Waals surface area contributed by atoms with E-state index in [2.05, 4.69) is 15.3 Å². The van der Waals surface area contributed by atoms with E-state index in [9.17, 15) is 4.79 Å². The summed E-state index contributed by atoms with van der Waals surface area (Å²) in [6.45, 7) is 4.15. The third-order valence-corrected chi connectivity index (χ3v) is 3.86. The zero-order chi connectivity index (χ0) is 18.4. The predicted molar refractivity (Wildman–Crippen MR) is 99.1 cm³/mol. The van der Waals surface area contributed by atoms with Gasteiger partial charge in [-0.2, -0.15) is 0 Å². The number of pyridine rings is 2. The quantitative estimate of drug-likeness (QED) is 0.785. The van der Waals surface area contributed by atoms with Gasteiger partial charge < -0.3 is 14.8 Å². The highest BCUT2D eigenvalue weighted by Crippen LogP contribution is 2.29. The first-order chi connectivity index (χ1) is 12.6. The number of hydrogen-bond acceptors (Lipinski definition) is 5. The molecular formula is C20H23N3O3.